The number of imidazole rings is 1. The van der Waals surface area contributed by atoms with Gasteiger partial charge in [0.15, 0.2) is 0 Å². The minimum atomic E-state index is -0.189. The molecule has 1 heterocycles. The zero-order valence-electron chi connectivity index (χ0n) is 12.0. The van der Waals surface area contributed by atoms with Crippen LogP contribution in [0.25, 0.3) is 11.0 Å². The van der Waals surface area contributed by atoms with E-state index in [-0.39, 0.29) is 6.03 Å². The molecule has 22 heavy (non-hydrogen) atoms. The molecule has 1 aromatic heterocycles. The zero-order valence-corrected chi connectivity index (χ0v) is 13.6. The van der Waals surface area contributed by atoms with Gasteiger partial charge in [-0.25, -0.2) is 19.9 Å². The van der Waals surface area contributed by atoms with Crippen molar-refractivity contribution in [2.75, 3.05) is 12.5 Å². The van der Waals surface area contributed by atoms with Gasteiger partial charge in [0.25, 0.3) is 0 Å². The van der Waals surface area contributed by atoms with Crippen molar-refractivity contribution in [3.63, 3.8) is 0 Å². The first-order valence-electron chi connectivity index (χ1n) is 6.82. The maximum absolute atomic E-state index is 12.3. The molecule has 1 N–H and O–H groups in total. The fourth-order valence-corrected chi connectivity index (χ4v) is 2.44. The number of nitrogens with one attached hydrogen (secondary N) is 1. The van der Waals surface area contributed by atoms with Crippen LogP contribution in [0.1, 0.15) is 5.56 Å². The third-order valence-corrected chi connectivity index (χ3v) is 3.88. The van der Waals surface area contributed by atoms with Crippen LogP contribution in [0.2, 0.25) is 0 Å². The number of carbonyl (C=O) groups excluding carboxylic acids is 1. The number of aromatic nitrogens is 2. The van der Waals surface area contributed by atoms with Crippen molar-refractivity contribution in [1.82, 2.24) is 14.6 Å². The summed E-state index contributed by atoms with van der Waals surface area (Å²) in [6.07, 6.45) is 1.61. The Bertz CT molecular complexity index is 797. The molecule has 112 valence electrons. The predicted octanol–water partition coefficient (Wildman–Crippen LogP) is 3.59. The van der Waals surface area contributed by atoms with Crippen molar-refractivity contribution in [2.45, 2.75) is 6.54 Å². The summed E-state index contributed by atoms with van der Waals surface area (Å²) in [5.74, 6) is 0. The fourth-order valence-electron chi connectivity index (χ4n) is 2.17. The molecular formula is C16H15BrN4O. The van der Waals surface area contributed by atoms with Gasteiger partial charge < -0.3 is 4.90 Å². The van der Waals surface area contributed by atoms with Crippen LogP contribution in [-0.4, -0.2) is 27.6 Å². The SMILES string of the molecule is CN(Cc1ccc(Br)cc1)C(=O)Nn1cnc2ccccc21. The second-order valence-corrected chi connectivity index (χ2v) is 5.92. The van der Waals surface area contributed by atoms with E-state index >= 15 is 0 Å². The number of hydrogen-bond acceptors (Lipinski definition) is 2. The third kappa shape index (κ3) is 3.12. The van der Waals surface area contributed by atoms with E-state index in [9.17, 15) is 4.79 Å². The molecule has 0 atom stereocenters. The van der Waals surface area contributed by atoms with Crippen LogP contribution in [0, 0.1) is 0 Å². The Kier molecular flexibility index (Phi) is 4.11. The van der Waals surface area contributed by atoms with Gasteiger partial charge in [0.2, 0.25) is 0 Å². The molecule has 2 amide bonds. The molecule has 3 aromatic rings. The maximum atomic E-state index is 12.3. The summed E-state index contributed by atoms with van der Waals surface area (Å²) in [4.78, 5) is 18.2. The van der Waals surface area contributed by atoms with Gasteiger partial charge in [0, 0.05) is 18.1 Å². The van der Waals surface area contributed by atoms with Crippen LogP contribution in [0.3, 0.4) is 0 Å². The molecule has 0 saturated heterocycles. The van der Waals surface area contributed by atoms with Crippen molar-refractivity contribution in [3.8, 4) is 0 Å². The Morgan fingerprint density at radius 1 is 1.23 bits per heavy atom. The first-order chi connectivity index (χ1) is 10.6. The van der Waals surface area contributed by atoms with Gasteiger partial charge in [0.05, 0.1) is 11.0 Å². The number of amides is 2. The van der Waals surface area contributed by atoms with Crippen LogP contribution < -0.4 is 5.43 Å². The summed E-state index contributed by atoms with van der Waals surface area (Å²) < 4.78 is 2.66. The number of nitrogens with zero attached hydrogens (tertiary/aromatic N) is 3. The Balaban J connectivity index is 1.69. The van der Waals surface area contributed by atoms with E-state index in [0.29, 0.717) is 6.54 Å². The van der Waals surface area contributed by atoms with E-state index in [0.717, 1.165) is 21.1 Å². The van der Waals surface area contributed by atoms with Gasteiger partial charge in [-0.3, -0.25) is 0 Å². The molecule has 0 aliphatic rings. The molecule has 0 spiro atoms. The molecule has 0 saturated carbocycles. The lowest BCUT2D eigenvalue weighted by molar-refractivity contribution is 0.217. The van der Waals surface area contributed by atoms with Crippen LogP contribution >= 0.6 is 15.9 Å². The molecule has 0 bridgehead atoms. The van der Waals surface area contributed by atoms with Crippen LogP contribution in [-0.2, 0) is 6.54 Å². The van der Waals surface area contributed by atoms with Crippen LogP contribution in [0.15, 0.2) is 59.3 Å². The predicted molar refractivity (Wildman–Crippen MR) is 90.1 cm³/mol. The minimum Gasteiger partial charge on any atom is -0.322 e. The zero-order chi connectivity index (χ0) is 15.5. The van der Waals surface area contributed by atoms with Crippen LogP contribution in [0.4, 0.5) is 4.79 Å². The fraction of sp³-hybridized carbons (Fsp3) is 0.125. The number of para-hydroxylation sites is 2. The molecule has 0 unspecified atom stereocenters. The second-order valence-electron chi connectivity index (χ2n) is 5.00. The number of fused-ring (bicyclic) bond motifs is 1. The lowest BCUT2D eigenvalue weighted by atomic mass is 10.2. The summed E-state index contributed by atoms with van der Waals surface area (Å²) in [6.45, 7) is 0.533. The maximum Gasteiger partial charge on any atom is 0.336 e. The number of carbonyl (C=O) groups is 1. The Morgan fingerprint density at radius 3 is 2.73 bits per heavy atom. The molecule has 0 aliphatic carbocycles. The quantitative estimate of drug-likeness (QED) is 0.777. The van der Waals surface area contributed by atoms with Gasteiger partial charge in [-0.15, -0.1) is 0 Å². The van der Waals surface area contributed by atoms with E-state index in [1.807, 2.05) is 48.5 Å². The molecule has 0 radical (unpaired) electrons. The Hall–Kier alpha value is -2.34. The highest BCUT2D eigenvalue weighted by Gasteiger charge is 2.11. The summed E-state index contributed by atoms with van der Waals surface area (Å²) in [5, 5.41) is 0. The smallest absolute Gasteiger partial charge is 0.322 e. The average molecular weight is 359 g/mol. The van der Waals surface area contributed by atoms with Crippen molar-refractivity contribution in [1.29, 1.82) is 0 Å². The molecule has 5 nitrogen and oxygen atoms in total. The lowest BCUT2D eigenvalue weighted by Gasteiger charge is -2.18. The van der Waals surface area contributed by atoms with Gasteiger partial charge in [-0.2, -0.15) is 0 Å². The van der Waals surface area contributed by atoms with Crippen molar-refractivity contribution in [2.24, 2.45) is 0 Å². The van der Waals surface area contributed by atoms with Crippen molar-refractivity contribution < 1.29 is 4.79 Å². The van der Waals surface area contributed by atoms with Crippen molar-refractivity contribution >= 4 is 33.0 Å². The first kappa shape index (κ1) is 14.6. The van der Waals surface area contributed by atoms with E-state index < -0.39 is 0 Å². The second kappa shape index (κ2) is 6.19. The van der Waals surface area contributed by atoms with Gasteiger partial charge in [-0.05, 0) is 29.8 Å². The van der Waals surface area contributed by atoms with E-state index in [2.05, 4.69) is 26.3 Å². The Labute approximate surface area is 136 Å². The highest BCUT2D eigenvalue weighted by Crippen LogP contribution is 2.13. The van der Waals surface area contributed by atoms with Crippen LogP contribution in [0.5, 0.6) is 0 Å². The number of urea groups is 1. The van der Waals surface area contributed by atoms with E-state index in [1.165, 1.54) is 0 Å². The van der Waals surface area contributed by atoms with Gasteiger partial charge in [-0.1, -0.05) is 40.2 Å². The summed E-state index contributed by atoms with van der Waals surface area (Å²) in [7, 11) is 1.76. The lowest BCUT2D eigenvalue weighted by Crippen LogP contribution is -2.35. The minimum absolute atomic E-state index is 0.189. The van der Waals surface area contributed by atoms with Gasteiger partial charge in [0.1, 0.15) is 6.33 Å². The number of rotatable bonds is 3. The third-order valence-electron chi connectivity index (χ3n) is 3.35. The monoisotopic (exact) mass is 358 g/mol. The van der Waals surface area contributed by atoms with Crippen molar-refractivity contribution in [3.05, 3.63) is 64.9 Å². The van der Waals surface area contributed by atoms with Gasteiger partial charge >= 0.3 is 6.03 Å². The molecule has 6 heteroatoms. The number of hydrogen-bond donors (Lipinski definition) is 1. The summed E-state index contributed by atoms with van der Waals surface area (Å²) in [5.41, 5.74) is 5.61. The normalized spacial score (nSPS) is 10.6. The summed E-state index contributed by atoms with van der Waals surface area (Å²) in [6, 6.07) is 15.4. The van der Waals surface area contributed by atoms with E-state index in [1.54, 1.807) is 23.0 Å². The highest BCUT2D eigenvalue weighted by atomic mass is 79.9. The molecular weight excluding hydrogens is 344 g/mol. The summed E-state index contributed by atoms with van der Waals surface area (Å²) >= 11 is 3.40. The molecule has 0 aliphatic heterocycles. The molecule has 2 aromatic carbocycles. The first-order valence-corrected chi connectivity index (χ1v) is 7.61. The largest absolute Gasteiger partial charge is 0.336 e. The topological polar surface area (TPSA) is 50.2 Å². The number of benzene rings is 2. The van der Waals surface area contributed by atoms with E-state index in [4.69, 9.17) is 0 Å². The number of halogens is 1. The molecule has 3 rings (SSSR count). The standard InChI is InChI=1S/C16H15BrN4O/c1-20(10-12-6-8-13(17)9-7-12)16(22)19-21-11-18-14-4-2-3-5-15(14)21/h2-9,11H,10H2,1H3,(H,19,22). The Morgan fingerprint density at radius 2 is 1.95 bits per heavy atom. The average Bonchev–Trinajstić information content (AvgIpc) is 2.93. The highest BCUT2D eigenvalue weighted by molar-refractivity contribution is 9.10. The molecule has 0 fully saturated rings.